The van der Waals surface area contributed by atoms with Gasteiger partial charge in [0, 0.05) is 5.77 Å². The molecule has 0 aromatic rings. The SMILES string of the molecule is NP([O-])(=S)Cl. The first-order chi connectivity index (χ1) is 2.00. The number of hydrogen-bond donors (Lipinski definition) is 1. The first kappa shape index (κ1) is 5.86. The molecular weight excluding hydrogens is 128 g/mol. The smallest absolute Gasteiger partial charge is 0.0196 e. The van der Waals surface area contributed by atoms with Crippen LogP contribution < -0.4 is 10.4 Å². The summed E-state index contributed by atoms with van der Waals surface area (Å²) in [5.74, 6) is -3.08. The topological polar surface area (TPSA) is 49.1 Å². The van der Waals surface area contributed by atoms with E-state index >= 15 is 0 Å². The van der Waals surface area contributed by atoms with Crippen molar-refractivity contribution >= 4 is 28.8 Å². The number of nitrogens with two attached hydrogens (primary N) is 1. The van der Waals surface area contributed by atoms with Gasteiger partial charge in [-0.3, -0.25) is 0 Å². The summed E-state index contributed by atoms with van der Waals surface area (Å²) in [6.07, 6.45) is 0. The van der Waals surface area contributed by atoms with Crippen molar-refractivity contribution in [3.8, 4) is 0 Å². The van der Waals surface area contributed by atoms with Crippen LogP contribution in [0.25, 0.3) is 0 Å². The summed E-state index contributed by atoms with van der Waals surface area (Å²) in [6, 6.07) is 0. The van der Waals surface area contributed by atoms with Gasteiger partial charge in [-0.2, -0.15) is 0 Å². The van der Waals surface area contributed by atoms with Crippen LogP contribution in [0.3, 0.4) is 0 Å². The van der Waals surface area contributed by atoms with E-state index in [1.54, 1.807) is 0 Å². The highest BCUT2D eigenvalue weighted by Crippen LogP contribution is 2.29. The van der Waals surface area contributed by atoms with E-state index in [1.165, 1.54) is 0 Å². The number of rotatable bonds is 0. The zero-order chi connectivity index (χ0) is 4.50. The van der Waals surface area contributed by atoms with Gasteiger partial charge in [0.05, 0.1) is 0 Å². The first-order valence-electron chi connectivity index (χ1n) is 0.792. The summed E-state index contributed by atoms with van der Waals surface area (Å²) in [5, 5.41) is 0. The molecule has 0 fully saturated rings. The fourth-order valence-electron chi connectivity index (χ4n) is 0. The third-order valence-corrected chi connectivity index (χ3v) is 0. The Bertz CT molecular complexity index is 57.8. The molecule has 0 rings (SSSR count). The van der Waals surface area contributed by atoms with E-state index in [-0.39, 0.29) is 0 Å². The van der Waals surface area contributed by atoms with Crippen LogP contribution >= 0.6 is 17.0 Å². The Hall–Kier alpha value is 0.860. The number of hydrogen-bond acceptors (Lipinski definition) is 2. The molecule has 0 heterocycles. The zero-order valence-electron chi connectivity index (χ0n) is 2.22. The Balaban J connectivity index is 3.47. The van der Waals surface area contributed by atoms with Crippen LogP contribution in [0.15, 0.2) is 0 Å². The fourth-order valence-corrected chi connectivity index (χ4v) is 0. The van der Waals surface area contributed by atoms with E-state index < -0.39 is 5.77 Å². The summed E-state index contributed by atoms with van der Waals surface area (Å²) >= 11 is 8.60. The van der Waals surface area contributed by atoms with Gasteiger partial charge in [-0.15, -0.1) is 0 Å². The Morgan fingerprint density at radius 1 is 2.00 bits per heavy atom. The van der Waals surface area contributed by atoms with Crippen LogP contribution in [-0.4, -0.2) is 0 Å². The minimum absolute atomic E-state index is 3.08. The molecule has 0 saturated carbocycles. The van der Waals surface area contributed by atoms with Crippen molar-refractivity contribution in [2.75, 3.05) is 0 Å². The largest absolute Gasteiger partial charge is 0.799 e. The average molecular weight is 131 g/mol. The van der Waals surface area contributed by atoms with Gasteiger partial charge in [-0.25, -0.2) is 0 Å². The lowest BCUT2D eigenvalue weighted by Gasteiger charge is -2.08. The minimum atomic E-state index is -3.08. The predicted octanol–water partition coefficient (Wildman–Crippen LogP) is -0.231. The normalized spacial score (nSPS) is 21.4. The van der Waals surface area contributed by atoms with Crippen molar-refractivity contribution in [1.29, 1.82) is 0 Å². The van der Waals surface area contributed by atoms with Crippen molar-refractivity contribution in [1.82, 2.24) is 0 Å². The molecule has 5 heteroatoms. The molecule has 0 amide bonds. The quantitative estimate of drug-likeness (QED) is 0.461. The lowest BCUT2D eigenvalue weighted by atomic mass is 13.9. The maximum absolute atomic E-state index is 9.57. The Morgan fingerprint density at radius 2 is 2.00 bits per heavy atom. The molecule has 0 saturated heterocycles. The van der Waals surface area contributed by atoms with Gasteiger partial charge in [0.1, 0.15) is 0 Å². The molecule has 0 aliphatic heterocycles. The van der Waals surface area contributed by atoms with Crippen LogP contribution in [0.5, 0.6) is 0 Å². The van der Waals surface area contributed by atoms with E-state index in [0.717, 1.165) is 0 Å². The lowest BCUT2D eigenvalue weighted by molar-refractivity contribution is -0.155. The lowest BCUT2D eigenvalue weighted by Crippen LogP contribution is -2.00. The molecule has 0 aromatic heterocycles. The van der Waals surface area contributed by atoms with E-state index in [2.05, 4.69) is 28.6 Å². The minimum Gasteiger partial charge on any atom is -0.799 e. The maximum Gasteiger partial charge on any atom is 0.0196 e. The highest BCUT2D eigenvalue weighted by molar-refractivity contribution is 8.22. The highest BCUT2D eigenvalue weighted by atomic mass is 35.7. The molecule has 0 aromatic carbocycles. The molecule has 1 unspecified atom stereocenters. The monoisotopic (exact) mass is 130 g/mol. The predicted molar refractivity (Wildman–Crippen MR) is 24.3 cm³/mol. The number of halogens is 1. The van der Waals surface area contributed by atoms with E-state index in [0.29, 0.717) is 0 Å². The standard InChI is InChI=1S/ClH3NOPS/c1-4(2,3)5/h(H3,2,3,5)/p-1. The van der Waals surface area contributed by atoms with Crippen LogP contribution in [0.4, 0.5) is 0 Å². The van der Waals surface area contributed by atoms with Crippen molar-refractivity contribution in [3.05, 3.63) is 0 Å². The molecule has 0 bridgehead atoms. The molecule has 2 N–H and O–H groups in total. The molecule has 0 radical (unpaired) electrons. The first-order valence-corrected chi connectivity index (χ1v) is 4.49. The molecule has 2 nitrogen and oxygen atoms in total. The van der Waals surface area contributed by atoms with Gasteiger partial charge < -0.3 is 10.4 Å². The van der Waals surface area contributed by atoms with Crippen LogP contribution in [0.2, 0.25) is 0 Å². The molecule has 0 aliphatic rings. The molecule has 0 spiro atoms. The van der Waals surface area contributed by atoms with E-state index in [1.807, 2.05) is 0 Å². The molecule has 0 aliphatic carbocycles. The van der Waals surface area contributed by atoms with Crippen molar-refractivity contribution in [2.24, 2.45) is 5.50 Å². The molecule has 32 valence electrons. The Morgan fingerprint density at radius 3 is 2.00 bits per heavy atom. The second-order valence-electron chi connectivity index (χ2n) is 0.521. The van der Waals surface area contributed by atoms with Gasteiger partial charge >= 0.3 is 0 Å². The van der Waals surface area contributed by atoms with Crippen LogP contribution in [0, 0.1) is 0 Å². The second-order valence-corrected chi connectivity index (χ2v) is 5.30. The van der Waals surface area contributed by atoms with Gasteiger partial charge in [-0.05, 0) is 0 Å². The highest BCUT2D eigenvalue weighted by Gasteiger charge is 1.73. The van der Waals surface area contributed by atoms with Crippen molar-refractivity contribution < 1.29 is 4.89 Å². The summed E-state index contributed by atoms with van der Waals surface area (Å²) in [4.78, 5) is 9.57. The van der Waals surface area contributed by atoms with Gasteiger partial charge in [0.15, 0.2) is 0 Å². The molecular formula is H2ClNOPS-. The van der Waals surface area contributed by atoms with Gasteiger partial charge in [0.2, 0.25) is 0 Å². The molecule has 5 heavy (non-hydrogen) atoms. The van der Waals surface area contributed by atoms with E-state index in [9.17, 15) is 4.89 Å². The second kappa shape index (κ2) is 1.54. The van der Waals surface area contributed by atoms with E-state index in [4.69, 9.17) is 0 Å². The third kappa shape index (κ3) is 53.7. The average Bonchev–Trinajstić information content (AvgIpc) is 0.722. The third-order valence-electron chi connectivity index (χ3n) is 0. The maximum atomic E-state index is 9.57. The Labute approximate surface area is 39.9 Å². The molecule has 1 atom stereocenters. The Kier molecular flexibility index (Phi) is 1.80. The zero-order valence-corrected chi connectivity index (χ0v) is 4.69. The van der Waals surface area contributed by atoms with Crippen molar-refractivity contribution in [3.63, 3.8) is 0 Å². The summed E-state index contributed by atoms with van der Waals surface area (Å²) in [6.45, 7) is 0. The van der Waals surface area contributed by atoms with Crippen molar-refractivity contribution in [2.45, 2.75) is 0 Å². The van der Waals surface area contributed by atoms with Crippen LogP contribution in [0.1, 0.15) is 0 Å². The summed E-state index contributed by atoms with van der Waals surface area (Å²) in [5.41, 5.74) is 4.49. The summed E-state index contributed by atoms with van der Waals surface area (Å²) < 4.78 is 0. The van der Waals surface area contributed by atoms with Gasteiger partial charge in [-0.1, -0.05) is 23.0 Å². The van der Waals surface area contributed by atoms with Gasteiger partial charge in [0.25, 0.3) is 0 Å². The fraction of sp³-hybridized carbons (Fsp3) is 0. The van der Waals surface area contributed by atoms with Crippen LogP contribution in [-0.2, 0) is 11.8 Å². The summed E-state index contributed by atoms with van der Waals surface area (Å²) in [7, 11) is 0.